The first-order valence-electron chi connectivity index (χ1n) is 7.62. The normalized spacial score (nSPS) is 15.6. The molecule has 0 radical (unpaired) electrons. The largest absolute Gasteiger partial charge is 0.322 e. The number of para-hydroxylation sites is 1. The molecule has 0 aromatic heterocycles. The van der Waals surface area contributed by atoms with Crippen LogP contribution in [0, 0.1) is 5.82 Å². The number of carbonyl (C=O) groups excluding carboxylic acids is 1. The Morgan fingerprint density at radius 2 is 2.05 bits per heavy atom. The summed E-state index contributed by atoms with van der Waals surface area (Å²) >= 11 is 0. The highest BCUT2D eigenvalue weighted by atomic mass is 19.1. The minimum atomic E-state index is -0.410. The number of benzene rings is 1. The molecule has 0 heterocycles. The number of amides is 1. The lowest BCUT2D eigenvalue weighted by Gasteiger charge is -2.23. The van der Waals surface area contributed by atoms with E-state index in [1.165, 1.54) is 31.7 Å². The fourth-order valence-electron chi connectivity index (χ4n) is 2.74. The van der Waals surface area contributed by atoms with Gasteiger partial charge in [0.15, 0.2) is 0 Å². The standard InChI is InChI=1S/C16H24FN3O/c1-20(13-6-2-3-7-13)11-10-18-12-16(21)19-15-9-5-4-8-14(15)17/h4-5,8-9,13,18H,2-3,6-7,10-12H2,1H3,(H,19,21). The van der Waals surface area contributed by atoms with Gasteiger partial charge < -0.3 is 15.5 Å². The average Bonchev–Trinajstić information content (AvgIpc) is 3.00. The highest BCUT2D eigenvalue weighted by Gasteiger charge is 2.18. The molecule has 0 bridgehead atoms. The summed E-state index contributed by atoms with van der Waals surface area (Å²) in [6.45, 7) is 1.89. The summed E-state index contributed by atoms with van der Waals surface area (Å²) in [6.07, 6.45) is 5.22. The second kappa shape index (κ2) is 8.10. The van der Waals surface area contributed by atoms with Gasteiger partial charge in [0, 0.05) is 19.1 Å². The van der Waals surface area contributed by atoms with Crippen molar-refractivity contribution in [1.82, 2.24) is 10.2 Å². The van der Waals surface area contributed by atoms with E-state index in [9.17, 15) is 9.18 Å². The Kier molecular flexibility index (Phi) is 6.14. The van der Waals surface area contributed by atoms with Crippen LogP contribution in [0.15, 0.2) is 24.3 Å². The molecule has 0 spiro atoms. The molecule has 0 aliphatic heterocycles. The monoisotopic (exact) mass is 293 g/mol. The van der Waals surface area contributed by atoms with E-state index in [1.807, 2.05) is 0 Å². The molecule has 2 rings (SSSR count). The highest BCUT2D eigenvalue weighted by Crippen LogP contribution is 2.21. The number of anilines is 1. The zero-order valence-electron chi connectivity index (χ0n) is 12.6. The molecule has 2 N–H and O–H groups in total. The van der Waals surface area contributed by atoms with Crippen molar-refractivity contribution in [3.8, 4) is 0 Å². The molecule has 1 aliphatic carbocycles. The summed E-state index contributed by atoms with van der Waals surface area (Å²) < 4.78 is 13.4. The van der Waals surface area contributed by atoms with Crippen LogP contribution >= 0.6 is 0 Å². The quantitative estimate of drug-likeness (QED) is 0.758. The first-order chi connectivity index (χ1) is 10.2. The molecule has 5 heteroatoms. The molecule has 0 atom stereocenters. The van der Waals surface area contributed by atoms with Gasteiger partial charge in [-0.3, -0.25) is 4.79 Å². The molecule has 1 aromatic carbocycles. The molecule has 1 aliphatic rings. The van der Waals surface area contributed by atoms with E-state index >= 15 is 0 Å². The molecule has 0 unspecified atom stereocenters. The maximum absolute atomic E-state index is 13.4. The lowest BCUT2D eigenvalue weighted by Crippen LogP contribution is -2.37. The van der Waals surface area contributed by atoms with Crippen molar-refractivity contribution in [2.45, 2.75) is 31.7 Å². The van der Waals surface area contributed by atoms with Gasteiger partial charge in [0.1, 0.15) is 5.82 Å². The number of carbonyl (C=O) groups is 1. The van der Waals surface area contributed by atoms with Gasteiger partial charge in [0.2, 0.25) is 5.91 Å². The van der Waals surface area contributed by atoms with Gasteiger partial charge in [0.05, 0.1) is 12.2 Å². The lowest BCUT2D eigenvalue weighted by molar-refractivity contribution is -0.115. The smallest absolute Gasteiger partial charge is 0.238 e. The molecule has 1 fully saturated rings. The van der Waals surface area contributed by atoms with Crippen LogP contribution in [0.25, 0.3) is 0 Å². The van der Waals surface area contributed by atoms with Crippen LogP contribution < -0.4 is 10.6 Å². The zero-order valence-corrected chi connectivity index (χ0v) is 12.6. The van der Waals surface area contributed by atoms with Crippen LogP contribution in [-0.4, -0.2) is 43.5 Å². The van der Waals surface area contributed by atoms with Crippen LogP contribution in [0.1, 0.15) is 25.7 Å². The van der Waals surface area contributed by atoms with Crippen molar-refractivity contribution in [2.75, 3.05) is 32.0 Å². The molecular weight excluding hydrogens is 269 g/mol. The van der Waals surface area contributed by atoms with E-state index in [2.05, 4.69) is 22.6 Å². The van der Waals surface area contributed by atoms with Crippen LogP contribution in [0.3, 0.4) is 0 Å². The van der Waals surface area contributed by atoms with Crippen molar-refractivity contribution in [2.24, 2.45) is 0 Å². The number of hydrogen-bond acceptors (Lipinski definition) is 3. The van der Waals surface area contributed by atoms with Crippen molar-refractivity contribution >= 4 is 11.6 Å². The van der Waals surface area contributed by atoms with Gasteiger partial charge in [-0.25, -0.2) is 4.39 Å². The number of halogens is 1. The molecule has 1 amide bonds. The lowest BCUT2D eigenvalue weighted by atomic mass is 10.2. The SMILES string of the molecule is CN(CCNCC(=O)Nc1ccccc1F)C1CCCC1. The summed E-state index contributed by atoms with van der Waals surface area (Å²) in [5, 5.41) is 5.67. The van der Waals surface area contributed by atoms with E-state index in [-0.39, 0.29) is 18.1 Å². The summed E-state index contributed by atoms with van der Waals surface area (Å²) in [4.78, 5) is 14.1. The first kappa shape index (κ1) is 15.9. The van der Waals surface area contributed by atoms with E-state index in [0.29, 0.717) is 6.04 Å². The molecular formula is C16H24FN3O. The van der Waals surface area contributed by atoms with Crippen molar-refractivity contribution < 1.29 is 9.18 Å². The number of rotatable bonds is 7. The summed E-state index contributed by atoms with van der Waals surface area (Å²) in [6, 6.07) is 6.88. The summed E-state index contributed by atoms with van der Waals surface area (Å²) in [5.74, 6) is -0.629. The first-order valence-corrected chi connectivity index (χ1v) is 7.62. The van der Waals surface area contributed by atoms with Crippen molar-refractivity contribution in [3.05, 3.63) is 30.1 Å². The second-order valence-corrected chi connectivity index (χ2v) is 5.62. The minimum absolute atomic E-state index is 0.201. The third kappa shape index (κ3) is 5.10. The van der Waals surface area contributed by atoms with E-state index in [1.54, 1.807) is 18.2 Å². The van der Waals surface area contributed by atoms with Crippen molar-refractivity contribution in [3.63, 3.8) is 0 Å². The highest BCUT2D eigenvalue weighted by molar-refractivity contribution is 5.92. The fraction of sp³-hybridized carbons (Fsp3) is 0.562. The number of hydrogen-bond donors (Lipinski definition) is 2. The third-order valence-electron chi connectivity index (χ3n) is 4.02. The Morgan fingerprint density at radius 1 is 1.33 bits per heavy atom. The van der Waals surface area contributed by atoms with Gasteiger partial charge in [-0.1, -0.05) is 25.0 Å². The second-order valence-electron chi connectivity index (χ2n) is 5.62. The number of nitrogens with zero attached hydrogens (tertiary/aromatic N) is 1. The maximum Gasteiger partial charge on any atom is 0.238 e. The van der Waals surface area contributed by atoms with Crippen LogP contribution in [-0.2, 0) is 4.79 Å². The molecule has 0 saturated heterocycles. The number of nitrogens with one attached hydrogen (secondary N) is 2. The molecule has 4 nitrogen and oxygen atoms in total. The maximum atomic E-state index is 13.4. The van der Waals surface area contributed by atoms with Gasteiger partial charge in [-0.2, -0.15) is 0 Å². The van der Waals surface area contributed by atoms with E-state index < -0.39 is 5.82 Å². The van der Waals surface area contributed by atoms with Crippen molar-refractivity contribution in [1.29, 1.82) is 0 Å². The fourth-order valence-corrected chi connectivity index (χ4v) is 2.74. The molecule has 1 aromatic rings. The Morgan fingerprint density at radius 3 is 2.76 bits per heavy atom. The Hall–Kier alpha value is -1.46. The van der Waals surface area contributed by atoms with Crippen LogP contribution in [0.4, 0.5) is 10.1 Å². The third-order valence-corrected chi connectivity index (χ3v) is 4.02. The Bertz CT molecular complexity index is 461. The minimum Gasteiger partial charge on any atom is -0.322 e. The van der Waals surface area contributed by atoms with Gasteiger partial charge in [-0.15, -0.1) is 0 Å². The van der Waals surface area contributed by atoms with Gasteiger partial charge in [0.25, 0.3) is 0 Å². The van der Waals surface area contributed by atoms with Crippen LogP contribution in [0.2, 0.25) is 0 Å². The number of likely N-dealkylation sites (N-methyl/N-ethyl adjacent to an activating group) is 1. The summed E-state index contributed by atoms with van der Waals surface area (Å²) in [5.41, 5.74) is 0.229. The van der Waals surface area contributed by atoms with E-state index in [0.717, 1.165) is 13.1 Å². The van der Waals surface area contributed by atoms with Gasteiger partial charge >= 0.3 is 0 Å². The topological polar surface area (TPSA) is 44.4 Å². The Balaban J connectivity index is 1.62. The molecule has 21 heavy (non-hydrogen) atoms. The zero-order chi connectivity index (χ0) is 15.1. The predicted molar refractivity (Wildman–Crippen MR) is 82.8 cm³/mol. The molecule has 116 valence electrons. The van der Waals surface area contributed by atoms with E-state index in [4.69, 9.17) is 0 Å². The molecule has 1 saturated carbocycles. The van der Waals surface area contributed by atoms with Gasteiger partial charge in [-0.05, 0) is 32.0 Å². The predicted octanol–water partition coefficient (Wildman–Crippen LogP) is 2.23. The average molecular weight is 293 g/mol. The Labute approximate surface area is 125 Å². The van der Waals surface area contributed by atoms with Crippen LogP contribution in [0.5, 0.6) is 0 Å². The summed E-state index contributed by atoms with van der Waals surface area (Å²) in [7, 11) is 2.14.